The number of carbonyl (C=O) groups is 1. The van der Waals surface area contributed by atoms with Gasteiger partial charge in [-0.2, -0.15) is 0 Å². The number of pyridine rings is 2. The molecule has 0 atom stereocenters. The Morgan fingerprint density at radius 2 is 2.17 bits per heavy atom. The van der Waals surface area contributed by atoms with E-state index >= 15 is 0 Å². The third kappa shape index (κ3) is 2.55. The van der Waals surface area contributed by atoms with Crippen molar-refractivity contribution in [2.24, 2.45) is 0 Å². The molecule has 0 aliphatic heterocycles. The fourth-order valence-electron chi connectivity index (χ4n) is 2.43. The molecule has 6 nitrogen and oxygen atoms in total. The summed E-state index contributed by atoms with van der Waals surface area (Å²) in [5.74, 6) is -0.227. The standard InChI is InChI=1S/C17H12N4O2S/c22-15(19-10-11-4-3-6-18-9-11)13-8-12-16(24-13)20-14-5-1-2-7-21(14)17(12)23/h1-9H,10H2,(H,19,22). The number of nitrogens with zero attached hydrogens (tertiary/aromatic N) is 3. The monoisotopic (exact) mass is 336 g/mol. The summed E-state index contributed by atoms with van der Waals surface area (Å²) in [7, 11) is 0. The minimum atomic E-state index is -0.227. The van der Waals surface area contributed by atoms with Crippen LogP contribution in [0.4, 0.5) is 0 Å². The van der Waals surface area contributed by atoms with Gasteiger partial charge in [0.1, 0.15) is 10.5 Å². The minimum Gasteiger partial charge on any atom is -0.347 e. The second-order valence-electron chi connectivity index (χ2n) is 5.22. The highest BCUT2D eigenvalue weighted by atomic mass is 32.1. The first-order valence-electron chi connectivity index (χ1n) is 7.30. The van der Waals surface area contributed by atoms with Crippen LogP contribution in [-0.4, -0.2) is 20.3 Å². The maximum absolute atomic E-state index is 12.5. The molecule has 0 aliphatic rings. The molecule has 0 aromatic carbocycles. The number of fused-ring (bicyclic) bond motifs is 2. The first-order chi connectivity index (χ1) is 11.7. The first kappa shape index (κ1) is 14.5. The van der Waals surface area contributed by atoms with Crippen molar-refractivity contribution < 1.29 is 4.79 Å². The van der Waals surface area contributed by atoms with E-state index in [1.807, 2.05) is 18.2 Å². The topological polar surface area (TPSA) is 76.4 Å². The molecule has 0 fully saturated rings. The van der Waals surface area contributed by atoms with E-state index in [0.717, 1.165) is 5.56 Å². The number of aromatic nitrogens is 3. The van der Waals surface area contributed by atoms with Gasteiger partial charge in [-0.3, -0.25) is 19.0 Å². The van der Waals surface area contributed by atoms with Gasteiger partial charge in [-0.25, -0.2) is 4.98 Å². The maximum atomic E-state index is 12.5. The lowest BCUT2D eigenvalue weighted by molar-refractivity contribution is 0.0955. The van der Waals surface area contributed by atoms with Gasteiger partial charge in [-0.05, 0) is 29.8 Å². The number of hydrogen-bond donors (Lipinski definition) is 1. The Balaban J connectivity index is 1.67. The lowest BCUT2D eigenvalue weighted by Crippen LogP contribution is -2.21. The summed E-state index contributed by atoms with van der Waals surface area (Å²) in [6.07, 6.45) is 5.05. The molecule has 118 valence electrons. The Bertz CT molecular complexity index is 1100. The van der Waals surface area contributed by atoms with Crippen molar-refractivity contribution in [1.82, 2.24) is 19.7 Å². The van der Waals surface area contributed by atoms with Crippen LogP contribution in [0.1, 0.15) is 15.2 Å². The molecule has 4 aromatic rings. The molecule has 0 spiro atoms. The summed E-state index contributed by atoms with van der Waals surface area (Å²) in [6.45, 7) is 0.384. The van der Waals surface area contributed by atoms with Crippen LogP contribution in [0.5, 0.6) is 0 Å². The molecule has 1 amide bonds. The van der Waals surface area contributed by atoms with Gasteiger partial charge in [0.2, 0.25) is 0 Å². The van der Waals surface area contributed by atoms with Gasteiger partial charge in [-0.1, -0.05) is 12.1 Å². The number of nitrogens with one attached hydrogen (secondary N) is 1. The van der Waals surface area contributed by atoms with E-state index < -0.39 is 0 Å². The highest BCUT2D eigenvalue weighted by Gasteiger charge is 2.14. The highest BCUT2D eigenvalue weighted by Crippen LogP contribution is 2.22. The second kappa shape index (κ2) is 5.86. The van der Waals surface area contributed by atoms with Crippen LogP contribution >= 0.6 is 11.3 Å². The van der Waals surface area contributed by atoms with E-state index in [1.54, 1.807) is 36.8 Å². The van der Waals surface area contributed by atoms with Gasteiger partial charge in [0.25, 0.3) is 11.5 Å². The maximum Gasteiger partial charge on any atom is 0.266 e. The Morgan fingerprint density at radius 3 is 3.00 bits per heavy atom. The molecule has 24 heavy (non-hydrogen) atoms. The molecule has 0 aliphatic carbocycles. The molecule has 4 rings (SSSR count). The molecule has 0 saturated carbocycles. The number of thiophene rings is 1. The fourth-order valence-corrected chi connectivity index (χ4v) is 3.38. The molecule has 7 heteroatoms. The Morgan fingerprint density at radius 1 is 1.25 bits per heavy atom. The van der Waals surface area contributed by atoms with Crippen LogP contribution in [0.25, 0.3) is 15.9 Å². The lowest BCUT2D eigenvalue weighted by atomic mass is 10.3. The normalized spacial score (nSPS) is 11.0. The van der Waals surface area contributed by atoms with E-state index in [9.17, 15) is 9.59 Å². The average Bonchev–Trinajstić information content (AvgIpc) is 3.05. The van der Waals surface area contributed by atoms with Gasteiger partial charge in [0.15, 0.2) is 0 Å². The Hall–Kier alpha value is -3.06. The van der Waals surface area contributed by atoms with Gasteiger partial charge in [0.05, 0.1) is 10.3 Å². The van der Waals surface area contributed by atoms with Crippen molar-refractivity contribution in [3.8, 4) is 0 Å². The summed E-state index contributed by atoms with van der Waals surface area (Å²) >= 11 is 1.22. The van der Waals surface area contributed by atoms with Crippen LogP contribution in [0.2, 0.25) is 0 Å². The Labute approximate surface area is 140 Å². The summed E-state index contributed by atoms with van der Waals surface area (Å²) in [5.41, 5.74) is 1.31. The molecule has 1 N–H and O–H groups in total. The lowest BCUT2D eigenvalue weighted by Gasteiger charge is -2.02. The molecule has 0 bridgehead atoms. The van der Waals surface area contributed by atoms with Crippen LogP contribution in [0.15, 0.2) is 59.8 Å². The van der Waals surface area contributed by atoms with Crippen molar-refractivity contribution in [3.63, 3.8) is 0 Å². The molecule has 4 heterocycles. The minimum absolute atomic E-state index is 0.168. The van der Waals surface area contributed by atoms with Crippen molar-refractivity contribution >= 4 is 33.1 Å². The molecule has 0 radical (unpaired) electrons. The van der Waals surface area contributed by atoms with Crippen molar-refractivity contribution in [2.45, 2.75) is 6.54 Å². The molecular formula is C17H12N4O2S. The van der Waals surface area contributed by atoms with E-state index in [4.69, 9.17) is 0 Å². The zero-order chi connectivity index (χ0) is 16.5. The predicted molar refractivity (Wildman–Crippen MR) is 92.3 cm³/mol. The second-order valence-corrected chi connectivity index (χ2v) is 6.25. The van der Waals surface area contributed by atoms with Gasteiger partial charge < -0.3 is 5.32 Å². The fraction of sp³-hybridized carbons (Fsp3) is 0.0588. The molecule has 4 aromatic heterocycles. The van der Waals surface area contributed by atoms with Crippen LogP contribution in [0, 0.1) is 0 Å². The van der Waals surface area contributed by atoms with Gasteiger partial charge in [0, 0.05) is 25.1 Å². The van der Waals surface area contributed by atoms with Crippen LogP contribution in [-0.2, 0) is 6.54 Å². The average molecular weight is 336 g/mol. The van der Waals surface area contributed by atoms with E-state index in [-0.39, 0.29) is 11.5 Å². The SMILES string of the molecule is O=C(NCc1cccnc1)c1cc2c(=O)n3ccccc3nc2s1. The summed E-state index contributed by atoms with van der Waals surface area (Å²) in [4.78, 5) is 34.3. The van der Waals surface area contributed by atoms with E-state index in [1.165, 1.54) is 15.7 Å². The van der Waals surface area contributed by atoms with Gasteiger partial charge >= 0.3 is 0 Å². The third-order valence-electron chi connectivity index (χ3n) is 3.62. The largest absolute Gasteiger partial charge is 0.347 e. The number of carbonyl (C=O) groups excluding carboxylic acids is 1. The summed E-state index contributed by atoms with van der Waals surface area (Å²) < 4.78 is 1.48. The van der Waals surface area contributed by atoms with E-state index in [0.29, 0.717) is 27.3 Å². The van der Waals surface area contributed by atoms with Crippen molar-refractivity contribution in [3.05, 3.63) is 75.8 Å². The predicted octanol–water partition coefficient (Wildman–Crippen LogP) is 2.23. The zero-order valence-corrected chi connectivity index (χ0v) is 13.3. The summed E-state index contributed by atoms with van der Waals surface area (Å²) in [5, 5.41) is 3.29. The van der Waals surface area contributed by atoms with Crippen LogP contribution in [0.3, 0.4) is 0 Å². The van der Waals surface area contributed by atoms with E-state index in [2.05, 4.69) is 15.3 Å². The first-order valence-corrected chi connectivity index (χ1v) is 8.12. The van der Waals surface area contributed by atoms with Crippen molar-refractivity contribution in [1.29, 1.82) is 0 Å². The zero-order valence-electron chi connectivity index (χ0n) is 12.5. The molecule has 0 saturated heterocycles. The molecule has 0 unspecified atom stereocenters. The number of amides is 1. The van der Waals surface area contributed by atoms with Crippen LogP contribution < -0.4 is 10.9 Å². The summed E-state index contributed by atoms with van der Waals surface area (Å²) in [6, 6.07) is 10.7. The van der Waals surface area contributed by atoms with Gasteiger partial charge in [-0.15, -0.1) is 11.3 Å². The molecular weight excluding hydrogens is 324 g/mol. The Kier molecular flexibility index (Phi) is 3.55. The number of hydrogen-bond acceptors (Lipinski definition) is 5. The smallest absolute Gasteiger partial charge is 0.266 e. The van der Waals surface area contributed by atoms with Crippen molar-refractivity contribution in [2.75, 3.05) is 0 Å². The quantitative estimate of drug-likeness (QED) is 0.622. The highest BCUT2D eigenvalue weighted by molar-refractivity contribution is 7.20. The third-order valence-corrected chi connectivity index (χ3v) is 4.64. The number of rotatable bonds is 3.